The highest BCUT2D eigenvalue weighted by Crippen LogP contribution is 2.28. The first-order chi connectivity index (χ1) is 8.10. The molecule has 0 bridgehead atoms. The van der Waals surface area contributed by atoms with E-state index in [9.17, 15) is 9.90 Å². The van der Waals surface area contributed by atoms with Crippen LogP contribution in [0, 0.1) is 0 Å². The first-order valence-corrected chi connectivity index (χ1v) is 5.72. The van der Waals surface area contributed by atoms with E-state index in [-0.39, 0.29) is 5.78 Å². The second kappa shape index (κ2) is 6.25. The molecule has 0 fully saturated rings. The lowest BCUT2D eigenvalue weighted by atomic mass is 10.1. The van der Waals surface area contributed by atoms with Crippen LogP contribution in [0.25, 0.3) is 0 Å². The van der Waals surface area contributed by atoms with Gasteiger partial charge in [0.15, 0.2) is 17.3 Å². The van der Waals surface area contributed by atoms with Crippen molar-refractivity contribution in [2.75, 3.05) is 13.2 Å². The standard InChI is InChI=1S/C13H18O4/c1-4-16-11-7-6-10(13(15)9(3)14)8-12(11)17-5-2/h6-9,14H,4-5H2,1-3H3. The molecule has 1 aromatic carbocycles. The van der Waals surface area contributed by atoms with E-state index < -0.39 is 6.10 Å². The normalized spacial score (nSPS) is 12.0. The second-order valence-corrected chi connectivity index (χ2v) is 3.57. The van der Waals surface area contributed by atoms with Crippen LogP contribution < -0.4 is 9.47 Å². The van der Waals surface area contributed by atoms with Gasteiger partial charge in [-0.2, -0.15) is 0 Å². The van der Waals surface area contributed by atoms with Crippen molar-refractivity contribution < 1.29 is 19.4 Å². The van der Waals surface area contributed by atoms with Gasteiger partial charge in [-0.05, 0) is 39.0 Å². The number of carbonyl (C=O) groups is 1. The van der Waals surface area contributed by atoms with Gasteiger partial charge in [-0.15, -0.1) is 0 Å². The Labute approximate surface area is 101 Å². The molecule has 1 rings (SSSR count). The van der Waals surface area contributed by atoms with E-state index in [1.165, 1.54) is 6.92 Å². The molecule has 0 saturated carbocycles. The lowest BCUT2D eigenvalue weighted by Gasteiger charge is -2.12. The Bertz CT molecular complexity index is 385. The summed E-state index contributed by atoms with van der Waals surface area (Å²) in [6.07, 6.45) is -1.01. The lowest BCUT2D eigenvalue weighted by Crippen LogP contribution is -2.16. The largest absolute Gasteiger partial charge is 0.490 e. The van der Waals surface area contributed by atoms with Crippen LogP contribution in [0.15, 0.2) is 18.2 Å². The molecule has 0 aromatic heterocycles. The predicted molar refractivity (Wildman–Crippen MR) is 64.8 cm³/mol. The maximum Gasteiger partial charge on any atom is 0.191 e. The van der Waals surface area contributed by atoms with Crippen molar-refractivity contribution in [1.29, 1.82) is 0 Å². The van der Waals surface area contributed by atoms with E-state index >= 15 is 0 Å². The number of Topliss-reactive ketones (excluding diaryl/α,β-unsaturated/α-hetero) is 1. The predicted octanol–water partition coefficient (Wildman–Crippen LogP) is 2.05. The number of hydrogen-bond acceptors (Lipinski definition) is 4. The van der Waals surface area contributed by atoms with Gasteiger partial charge in [-0.1, -0.05) is 0 Å². The number of hydrogen-bond donors (Lipinski definition) is 1. The fourth-order valence-electron chi connectivity index (χ4n) is 1.45. The molecule has 17 heavy (non-hydrogen) atoms. The number of aliphatic hydroxyl groups is 1. The Morgan fingerprint density at radius 2 is 1.82 bits per heavy atom. The van der Waals surface area contributed by atoms with Crippen LogP contribution in [0.3, 0.4) is 0 Å². The van der Waals surface area contributed by atoms with Gasteiger partial charge in [0.2, 0.25) is 0 Å². The van der Waals surface area contributed by atoms with Crippen LogP contribution in [0.1, 0.15) is 31.1 Å². The Morgan fingerprint density at radius 1 is 1.24 bits per heavy atom. The van der Waals surface area contributed by atoms with Crippen molar-refractivity contribution in [3.8, 4) is 11.5 Å². The lowest BCUT2D eigenvalue weighted by molar-refractivity contribution is 0.0779. The third kappa shape index (κ3) is 3.46. The minimum Gasteiger partial charge on any atom is -0.490 e. The monoisotopic (exact) mass is 238 g/mol. The molecule has 0 aliphatic carbocycles. The van der Waals surface area contributed by atoms with Crippen LogP contribution in [0.2, 0.25) is 0 Å². The summed E-state index contributed by atoms with van der Waals surface area (Å²) in [7, 11) is 0. The van der Waals surface area contributed by atoms with Crippen molar-refractivity contribution in [2.24, 2.45) is 0 Å². The van der Waals surface area contributed by atoms with Gasteiger partial charge < -0.3 is 14.6 Å². The topological polar surface area (TPSA) is 55.8 Å². The smallest absolute Gasteiger partial charge is 0.191 e. The van der Waals surface area contributed by atoms with E-state index in [0.29, 0.717) is 30.3 Å². The van der Waals surface area contributed by atoms with Gasteiger partial charge in [0, 0.05) is 5.56 Å². The summed E-state index contributed by atoms with van der Waals surface area (Å²) in [5.74, 6) is 0.811. The van der Waals surface area contributed by atoms with E-state index in [0.717, 1.165) is 0 Å². The first kappa shape index (κ1) is 13.5. The molecule has 4 nitrogen and oxygen atoms in total. The van der Waals surface area contributed by atoms with E-state index in [2.05, 4.69) is 0 Å². The van der Waals surface area contributed by atoms with Gasteiger partial charge in [0.05, 0.1) is 13.2 Å². The zero-order valence-electron chi connectivity index (χ0n) is 10.4. The van der Waals surface area contributed by atoms with Crippen molar-refractivity contribution in [1.82, 2.24) is 0 Å². The molecular formula is C13H18O4. The summed E-state index contributed by atoms with van der Waals surface area (Å²) in [6, 6.07) is 4.91. The fourth-order valence-corrected chi connectivity index (χ4v) is 1.45. The molecule has 1 aromatic rings. The van der Waals surface area contributed by atoms with E-state index in [1.54, 1.807) is 18.2 Å². The molecule has 94 valence electrons. The van der Waals surface area contributed by atoms with E-state index in [1.807, 2.05) is 13.8 Å². The van der Waals surface area contributed by atoms with Gasteiger partial charge in [-0.25, -0.2) is 0 Å². The quantitative estimate of drug-likeness (QED) is 0.771. The summed E-state index contributed by atoms with van der Waals surface area (Å²) < 4.78 is 10.8. The average molecular weight is 238 g/mol. The number of aliphatic hydroxyl groups excluding tert-OH is 1. The maximum absolute atomic E-state index is 11.6. The van der Waals surface area contributed by atoms with E-state index in [4.69, 9.17) is 9.47 Å². The van der Waals surface area contributed by atoms with Crippen molar-refractivity contribution in [3.05, 3.63) is 23.8 Å². The third-order valence-electron chi connectivity index (χ3n) is 2.21. The van der Waals surface area contributed by atoms with Crippen molar-refractivity contribution >= 4 is 5.78 Å². The first-order valence-electron chi connectivity index (χ1n) is 5.72. The van der Waals surface area contributed by atoms with Gasteiger partial charge in [-0.3, -0.25) is 4.79 Å². The summed E-state index contributed by atoms with van der Waals surface area (Å²) in [6.45, 7) is 6.21. The number of ketones is 1. The minimum atomic E-state index is -1.01. The Kier molecular flexibility index (Phi) is 4.97. The molecule has 1 unspecified atom stereocenters. The maximum atomic E-state index is 11.6. The number of carbonyl (C=O) groups excluding carboxylic acids is 1. The summed E-state index contributed by atoms with van der Waals surface area (Å²) in [5.41, 5.74) is 0.423. The Hall–Kier alpha value is -1.55. The summed E-state index contributed by atoms with van der Waals surface area (Å²) in [4.78, 5) is 11.6. The summed E-state index contributed by atoms with van der Waals surface area (Å²) >= 11 is 0. The molecule has 0 heterocycles. The molecular weight excluding hydrogens is 220 g/mol. The zero-order valence-corrected chi connectivity index (χ0v) is 10.4. The van der Waals surface area contributed by atoms with Gasteiger partial charge in [0.25, 0.3) is 0 Å². The van der Waals surface area contributed by atoms with Crippen molar-refractivity contribution in [2.45, 2.75) is 26.9 Å². The molecule has 0 radical (unpaired) electrons. The molecule has 0 saturated heterocycles. The minimum absolute atomic E-state index is 0.325. The molecule has 0 spiro atoms. The SMILES string of the molecule is CCOc1ccc(C(=O)C(C)O)cc1OCC. The van der Waals surface area contributed by atoms with Crippen LogP contribution in [-0.4, -0.2) is 30.2 Å². The zero-order chi connectivity index (χ0) is 12.8. The molecule has 1 atom stereocenters. The number of benzene rings is 1. The van der Waals surface area contributed by atoms with Gasteiger partial charge >= 0.3 is 0 Å². The Balaban J connectivity index is 3.04. The van der Waals surface area contributed by atoms with Crippen LogP contribution in [0.5, 0.6) is 11.5 Å². The number of rotatable bonds is 6. The highest BCUT2D eigenvalue weighted by Gasteiger charge is 2.15. The fraction of sp³-hybridized carbons (Fsp3) is 0.462. The molecule has 4 heteroatoms. The molecule has 0 aliphatic rings. The molecule has 1 N–H and O–H groups in total. The molecule has 0 amide bonds. The van der Waals surface area contributed by atoms with Crippen molar-refractivity contribution in [3.63, 3.8) is 0 Å². The third-order valence-corrected chi connectivity index (χ3v) is 2.21. The van der Waals surface area contributed by atoms with Gasteiger partial charge in [0.1, 0.15) is 6.10 Å². The summed E-state index contributed by atoms with van der Waals surface area (Å²) in [5, 5.41) is 9.25. The highest BCUT2D eigenvalue weighted by atomic mass is 16.5. The van der Waals surface area contributed by atoms with Crippen LogP contribution in [0.4, 0.5) is 0 Å². The average Bonchev–Trinajstić information content (AvgIpc) is 2.31. The van der Waals surface area contributed by atoms with Crippen LogP contribution >= 0.6 is 0 Å². The Morgan fingerprint density at radius 3 is 2.35 bits per heavy atom. The van der Waals surface area contributed by atoms with Crippen LogP contribution in [-0.2, 0) is 0 Å². The number of ether oxygens (including phenoxy) is 2. The molecule has 0 aliphatic heterocycles. The second-order valence-electron chi connectivity index (χ2n) is 3.57. The highest BCUT2D eigenvalue weighted by molar-refractivity contribution is 5.99.